The number of rotatable bonds is 3. The fraction of sp³-hybridized carbons (Fsp3) is 0.158. The zero-order chi connectivity index (χ0) is 20.6. The molecule has 0 aliphatic rings. The minimum atomic E-state index is -4.67. The number of carbonyl (C=O) groups excluding carboxylic acids is 1. The summed E-state index contributed by atoms with van der Waals surface area (Å²) in [6.07, 6.45) is -3.30. The van der Waals surface area contributed by atoms with Gasteiger partial charge in [-0.2, -0.15) is 13.2 Å². The van der Waals surface area contributed by atoms with Crippen LogP contribution in [0.5, 0.6) is 0 Å². The molecule has 0 radical (unpaired) electrons. The lowest BCUT2D eigenvalue weighted by atomic mass is 10.1. The van der Waals surface area contributed by atoms with Crippen LogP contribution in [0.4, 0.5) is 18.9 Å². The average molecular weight is 429 g/mol. The van der Waals surface area contributed by atoms with Crippen molar-refractivity contribution in [1.82, 2.24) is 4.57 Å². The lowest BCUT2D eigenvalue weighted by Gasteiger charge is -2.13. The minimum absolute atomic E-state index is 0.129. The number of aromatic nitrogens is 1. The molecule has 1 aromatic heterocycles. The van der Waals surface area contributed by atoms with Gasteiger partial charge in [0.2, 0.25) is 5.43 Å². The van der Waals surface area contributed by atoms with Gasteiger partial charge in [-0.1, -0.05) is 23.2 Å². The number of pyridine rings is 1. The number of nitrogens with zero attached hydrogens (tertiary/aromatic N) is 1. The molecule has 146 valence electrons. The number of benzene rings is 2. The highest BCUT2D eigenvalue weighted by Gasteiger charge is 2.33. The van der Waals surface area contributed by atoms with Crippen LogP contribution in [0, 0.1) is 0 Å². The summed E-state index contributed by atoms with van der Waals surface area (Å²) in [6.45, 7) is 2.30. The van der Waals surface area contributed by atoms with Crippen LogP contribution in [0.15, 0.2) is 47.4 Å². The summed E-state index contributed by atoms with van der Waals surface area (Å²) in [5.74, 6) is -0.829. The Morgan fingerprint density at radius 3 is 2.50 bits per heavy atom. The summed E-state index contributed by atoms with van der Waals surface area (Å²) in [6, 6.07) is 7.72. The second kappa shape index (κ2) is 7.48. The molecule has 0 unspecified atom stereocenters. The number of fused-ring (bicyclic) bond motifs is 1. The SMILES string of the molecule is CCn1cc(C(=O)Nc2ccc(Cl)c(C(F)(F)F)c2)c(=O)c2cc(Cl)ccc21. The molecule has 0 aliphatic heterocycles. The predicted molar refractivity (Wildman–Crippen MR) is 103 cm³/mol. The molecule has 0 aliphatic carbocycles. The number of anilines is 1. The van der Waals surface area contributed by atoms with Gasteiger partial charge in [0.1, 0.15) is 5.56 Å². The fourth-order valence-corrected chi connectivity index (χ4v) is 3.21. The minimum Gasteiger partial charge on any atom is -0.347 e. The maximum absolute atomic E-state index is 13.0. The molecular weight excluding hydrogens is 416 g/mol. The average Bonchev–Trinajstić information content (AvgIpc) is 2.63. The van der Waals surface area contributed by atoms with E-state index in [-0.39, 0.29) is 16.6 Å². The van der Waals surface area contributed by atoms with Gasteiger partial charge in [-0.25, -0.2) is 0 Å². The highest BCUT2D eigenvalue weighted by Crippen LogP contribution is 2.36. The predicted octanol–water partition coefficient (Wildman–Crippen LogP) is 5.60. The third-order valence-electron chi connectivity index (χ3n) is 4.16. The van der Waals surface area contributed by atoms with Crippen molar-refractivity contribution in [3.05, 3.63) is 74.0 Å². The summed E-state index contributed by atoms with van der Waals surface area (Å²) in [5.41, 5.74) is -1.39. The molecular formula is C19H13Cl2F3N2O2. The maximum atomic E-state index is 13.0. The topological polar surface area (TPSA) is 51.1 Å². The van der Waals surface area contributed by atoms with Gasteiger partial charge in [-0.15, -0.1) is 0 Å². The van der Waals surface area contributed by atoms with Crippen molar-refractivity contribution in [3.63, 3.8) is 0 Å². The number of nitrogens with one attached hydrogen (secondary N) is 1. The van der Waals surface area contributed by atoms with Gasteiger partial charge in [-0.3, -0.25) is 9.59 Å². The van der Waals surface area contributed by atoms with E-state index < -0.39 is 28.1 Å². The van der Waals surface area contributed by atoms with Crippen LogP contribution in [0.25, 0.3) is 10.9 Å². The van der Waals surface area contributed by atoms with E-state index in [0.717, 1.165) is 12.1 Å². The molecule has 0 saturated heterocycles. The second-order valence-corrected chi connectivity index (χ2v) is 6.81. The van der Waals surface area contributed by atoms with Crippen molar-refractivity contribution in [3.8, 4) is 0 Å². The number of aryl methyl sites for hydroxylation is 1. The highest BCUT2D eigenvalue weighted by atomic mass is 35.5. The Balaban J connectivity index is 2.05. The molecule has 0 fully saturated rings. The number of hydrogen-bond acceptors (Lipinski definition) is 2. The van der Waals surface area contributed by atoms with Crippen LogP contribution in [0.1, 0.15) is 22.8 Å². The van der Waals surface area contributed by atoms with Gasteiger partial charge in [0, 0.05) is 28.8 Å². The Bertz CT molecular complexity index is 1140. The van der Waals surface area contributed by atoms with Crippen LogP contribution in [-0.4, -0.2) is 10.5 Å². The second-order valence-electron chi connectivity index (χ2n) is 5.97. The van der Waals surface area contributed by atoms with E-state index in [1.807, 2.05) is 6.92 Å². The Hall–Kier alpha value is -2.51. The normalized spacial score (nSPS) is 11.6. The third-order valence-corrected chi connectivity index (χ3v) is 4.72. The molecule has 0 bridgehead atoms. The number of carbonyl (C=O) groups is 1. The van der Waals surface area contributed by atoms with E-state index in [1.165, 1.54) is 18.3 Å². The molecule has 1 N–H and O–H groups in total. The molecule has 4 nitrogen and oxygen atoms in total. The molecule has 1 heterocycles. The number of halogens is 5. The molecule has 9 heteroatoms. The Morgan fingerprint density at radius 2 is 1.86 bits per heavy atom. The summed E-state index contributed by atoms with van der Waals surface area (Å²) in [7, 11) is 0. The van der Waals surface area contributed by atoms with E-state index in [0.29, 0.717) is 17.1 Å². The molecule has 28 heavy (non-hydrogen) atoms. The maximum Gasteiger partial charge on any atom is 0.417 e. The fourth-order valence-electron chi connectivity index (χ4n) is 2.81. The van der Waals surface area contributed by atoms with Crippen molar-refractivity contribution in [2.24, 2.45) is 0 Å². The first kappa shape index (κ1) is 20.2. The van der Waals surface area contributed by atoms with Crippen molar-refractivity contribution >= 4 is 45.7 Å². The van der Waals surface area contributed by atoms with E-state index in [1.54, 1.807) is 16.7 Å². The monoisotopic (exact) mass is 428 g/mol. The van der Waals surface area contributed by atoms with Crippen LogP contribution in [0.2, 0.25) is 10.0 Å². The van der Waals surface area contributed by atoms with Crippen molar-refractivity contribution in [1.29, 1.82) is 0 Å². The number of hydrogen-bond donors (Lipinski definition) is 1. The molecule has 0 atom stereocenters. The lowest BCUT2D eigenvalue weighted by molar-refractivity contribution is -0.137. The number of alkyl halides is 3. The highest BCUT2D eigenvalue weighted by molar-refractivity contribution is 6.31. The Labute approximate surface area is 167 Å². The number of amides is 1. The van der Waals surface area contributed by atoms with Crippen LogP contribution in [-0.2, 0) is 12.7 Å². The van der Waals surface area contributed by atoms with Gasteiger partial charge in [-0.05, 0) is 43.3 Å². The smallest absolute Gasteiger partial charge is 0.347 e. The first-order valence-electron chi connectivity index (χ1n) is 8.12. The largest absolute Gasteiger partial charge is 0.417 e. The molecule has 3 rings (SSSR count). The van der Waals surface area contributed by atoms with Gasteiger partial charge < -0.3 is 9.88 Å². The van der Waals surface area contributed by atoms with Crippen molar-refractivity contribution in [2.45, 2.75) is 19.6 Å². The summed E-state index contributed by atoms with van der Waals surface area (Å²) < 4.78 is 40.7. The van der Waals surface area contributed by atoms with Crippen LogP contribution in [0.3, 0.4) is 0 Å². The quantitative estimate of drug-likeness (QED) is 0.590. The summed E-state index contributed by atoms with van der Waals surface area (Å²) >= 11 is 11.5. The summed E-state index contributed by atoms with van der Waals surface area (Å²) in [4.78, 5) is 25.3. The van der Waals surface area contributed by atoms with E-state index in [4.69, 9.17) is 23.2 Å². The van der Waals surface area contributed by atoms with Gasteiger partial charge in [0.05, 0.1) is 16.1 Å². The molecule has 1 amide bonds. The van der Waals surface area contributed by atoms with Gasteiger partial charge >= 0.3 is 6.18 Å². The van der Waals surface area contributed by atoms with Crippen LogP contribution < -0.4 is 10.7 Å². The van der Waals surface area contributed by atoms with Gasteiger partial charge in [0.25, 0.3) is 5.91 Å². The Morgan fingerprint density at radius 1 is 1.14 bits per heavy atom. The van der Waals surface area contributed by atoms with E-state index in [9.17, 15) is 22.8 Å². The molecule has 2 aromatic carbocycles. The molecule has 0 saturated carbocycles. The van der Waals surface area contributed by atoms with Crippen molar-refractivity contribution in [2.75, 3.05) is 5.32 Å². The van der Waals surface area contributed by atoms with Crippen molar-refractivity contribution < 1.29 is 18.0 Å². The molecule has 3 aromatic rings. The zero-order valence-corrected chi connectivity index (χ0v) is 15.9. The first-order chi connectivity index (χ1) is 13.1. The summed E-state index contributed by atoms with van der Waals surface area (Å²) in [5, 5.41) is 2.41. The Kier molecular flexibility index (Phi) is 5.41. The molecule has 0 spiro atoms. The van der Waals surface area contributed by atoms with E-state index >= 15 is 0 Å². The van der Waals surface area contributed by atoms with Crippen LogP contribution >= 0.6 is 23.2 Å². The van der Waals surface area contributed by atoms with Gasteiger partial charge in [0.15, 0.2) is 0 Å². The first-order valence-corrected chi connectivity index (χ1v) is 8.88. The third kappa shape index (κ3) is 3.86. The lowest BCUT2D eigenvalue weighted by Crippen LogP contribution is -2.24. The zero-order valence-electron chi connectivity index (χ0n) is 14.4. The van der Waals surface area contributed by atoms with E-state index in [2.05, 4.69) is 5.32 Å². The standard InChI is InChI=1S/C19H13Cl2F3N2O2/c1-2-26-9-13(17(27)12-7-10(20)3-6-16(12)26)18(28)25-11-4-5-15(21)14(8-11)19(22,23)24/h3-9H,2H2,1H3,(H,25,28).